The minimum absolute atomic E-state index is 0.227. The number of benzene rings is 2. The van der Waals surface area contributed by atoms with Crippen LogP contribution >= 0.6 is 0 Å². The number of guanidine groups is 1. The zero-order valence-electron chi connectivity index (χ0n) is 17.9. The van der Waals surface area contributed by atoms with Crippen molar-refractivity contribution in [3.8, 4) is 0 Å². The molecule has 0 amide bonds. The van der Waals surface area contributed by atoms with Crippen molar-refractivity contribution in [3.63, 3.8) is 0 Å². The molecule has 0 aliphatic rings. The van der Waals surface area contributed by atoms with Gasteiger partial charge < -0.3 is 15.6 Å². The van der Waals surface area contributed by atoms with E-state index >= 15 is 0 Å². The molecule has 1 heterocycles. The number of hydrogen-bond acceptors (Lipinski definition) is 3. The van der Waals surface area contributed by atoms with Crippen LogP contribution in [0.4, 0.5) is 4.39 Å². The number of hydrogen-bond donors (Lipinski definition) is 3. The number of nitrogens with one attached hydrogen (secondary N) is 3. The standard InChI is InChI=1S/C22H28FN5O2S/c1-4-24-22(25-12-11-16-14-26-20-13-18(23)9-10-19(16)20)27-15-17-7-5-6-8-21(17)31(29,30)28(2)3/h5-10,13-14,26H,4,11-12,15H2,1-3H3,(H2,24,25,27). The Kier molecular flexibility index (Phi) is 7.29. The smallest absolute Gasteiger partial charge is 0.242 e. The molecule has 7 nitrogen and oxygen atoms in total. The van der Waals surface area contributed by atoms with Gasteiger partial charge in [0.15, 0.2) is 5.96 Å². The fourth-order valence-electron chi connectivity index (χ4n) is 3.27. The molecular formula is C22H28FN5O2S. The van der Waals surface area contributed by atoms with Gasteiger partial charge in [-0.05, 0) is 48.7 Å². The van der Waals surface area contributed by atoms with Crippen LogP contribution in [0, 0.1) is 5.82 Å². The van der Waals surface area contributed by atoms with E-state index in [0.717, 1.165) is 22.9 Å². The summed E-state index contributed by atoms with van der Waals surface area (Å²) in [6.45, 7) is 3.49. The lowest BCUT2D eigenvalue weighted by Crippen LogP contribution is -2.38. The van der Waals surface area contributed by atoms with Gasteiger partial charge in [0.1, 0.15) is 5.82 Å². The highest BCUT2D eigenvalue weighted by atomic mass is 32.2. The van der Waals surface area contributed by atoms with Crippen LogP contribution in [0.5, 0.6) is 0 Å². The topological polar surface area (TPSA) is 89.6 Å². The Hall–Kier alpha value is -2.91. The molecule has 166 valence electrons. The van der Waals surface area contributed by atoms with Crippen LogP contribution in [0.25, 0.3) is 10.9 Å². The van der Waals surface area contributed by atoms with E-state index in [2.05, 4.69) is 20.6 Å². The highest BCUT2D eigenvalue weighted by Crippen LogP contribution is 2.20. The fraction of sp³-hybridized carbons (Fsp3) is 0.318. The van der Waals surface area contributed by atoms with E-state index in [4.69, 9.17) is 0 Å². The summed E-state index contributed by atoms with van der Waals surface area (Å²) in [5, 5.41) is 7.45. The number of aromatic amines is 1. The van der Waals surface area contributed by atoms with E-state index < -0.39 is 10.0 Å². The van der Waals surface area contributed by atoms with Gasteiger partial charge in [-0.3, -0.25) is 0 Å². The van der Waals surface area contributed by atoms with Gasteiger partial charge in [0.2, 0.25) is 10.0 Å². The van der Waals surface area contributed by atoms with Crippen molar-refractivity contribution in [1.82, 2.24) is 19.9 Å². The summed E-state index contributed by atoms with van der Waals surface area (Å²) in [4.78, 5) is 7.91. The summed E-state index contributed by atoms with van der Waals surface area (Å²) in [6, 6.07) is 11.6. The first-order chi connectivity index (χ1) is 14.8. The summed E-state index contributed by atoms with van der Waals surface area (Å²) >= 11 is 0. The molecule has 0 saturated heterocycles. The van der Waals surface area contributed by atoms with Crippen LogP contribution in [0.2, 0.25) is 0 Å². The molecule has 0 aliphatic carbocycles. The maximum Gasteiger partial charge on any atom is 0.242 e. The maximum absolute atomic E-state index is 13.4. The largest absolute Gasteiger partial charge is 0.361 e. The van der Waals surface area contributed by atoms with Gasteiger partial charge in [-0.2, -0.15) is 0 Å². The zero-order chi connectivity index (χ0) is 22.4. The third-order valence-electron chi connectivity index (χ3n) is 4.90. The minimum atomic E-state index is -3.55. The molecule has 3 N–H and O–H groups in total. The van der Waals surface area contributed by atoms with Gasteiger partial charge in [-0.1, -0.05) is 18.2 Å². The SMILES string of the molecule is CCNC(=NCc1ccccc1S(=O)(=O)N(C)C)NCCc1c[nH]c2cc(F)ccc12. The molecule has 0 saturated carbocycles. The van der Waals surface area contributed by atoms with E-state index in [9.17, 15) is 12.8 Å². The predicted molar refractivity (Wildman–Crippen MR) is 122 cm³/mol. The number of fused-ring (bicyclic) bond motifs is 1. The molecule has 0 fully saturated rings. The molecule has 3 rings (SSSR count). The molecule has 31 heavy (non-hydrogen) atoms. The van der Waals surface area contributed by atoms with Crippen molar-refractivity contribution in [2.45, 2.75) is 24.8 Å². The highest BCUT2D eigenvalue weighted by Gasteiger charge is 2.20. The van der Waals surface area contributed by atoms with Crippen molar-refractivity contribution in [2.24, 2.45) is 4.99 Å². The maximum atomic E-state index is 13.4. The van der Waals surface area contributed by atoms with Gasteiger partial charge in [0.25, 0.3) is 0 Å². The first-order valence-electron chi connectivity index (χ1n) is 10.1. The Morgan fingerprint density at radius 2 is 1.90 bits per heavy atom. The molecule has 1 aromatic heterocycles. The third kappa shape index (κ3) is 5.42. The fourth-order valence-corrected chi connectivity index (χ4v) is 4.38. The lowest BCUT2D eigenvalue weighted by atomic mass is 10.1. The predicted octanol–water partition coefficient (Wildman–Crippen LogP) is 2.86. The summed E-state index contributed by atoms with van der Waals surface area (Å²) < 4.78 is 39.7. The quantitative estimate of drug-likeness (QED) is 0.367. The molecule has 0 radical (unpaired) electrons. The molecule has 0 atom stereocenters. The normalized spacial score (nSPS) is 12.5. The number of rotatable bonds is 8. The molecule has 0 spiro atoms. The third-order valence-corrected chi connectivity index (χ3v) is 6.81. The molecule has 0 unspecified atom stereocenters. The summed E-state index contributed by atoms with van der Waals surface area (Å²) in [6.07, 6.45) is 2.61. The number of halogens is 1. The van der Waals surface area contributed by atoms with Crippen molar-refractivity contribution < 1.29 is 12.8 Å². The second kappa shape index (κ2) is 9.93. The molecular weight excluding hydrogens is 417 g/mol. The van der Waals surface area contributed by atoms with E-state index in [0.29, 0.717) is 24.6 Å². The van der Waals surface area contributed by atoms with Gasteiger partial charge in [0, 0.05) is 44.3 Å². The zero-order valence-corrected chi connectivity index (χ0v) is 18.8. The van der Waals surface area contributed by atoms with E-state index in [-0.39, 0.29) is 17.3 Å². The van der Waals surface area contributed by atoms with E-state index in [1.54, 1.807) is 30.3 Å². The first-order valence-corrected chi connectivity index (χ1v) is 11.5. The first kappa shape index (κ1) is 22.8. The molecule has 3 aromatic rings. The van der Waals surface area contributed by atoms with Gasteiger partial charge in [0.05, 0.1) is 11.4 Å². The van der Waals surface area contributed by atoms with Crippen LogP contribution in [0.15, 0.2) is 58.5 Å². The Balaban J connectivity index is 1.70. The second-order valence-electron chi connectivity index (χ2n) is 7.27. The van der Waals surface area contributed by atoms with E-state index in [1.807, 2.05) is 13.1 Å². The second-order valence-corrected chi connectivity index (χ2v) is 9.39. The van der Waals surface area contributed by atoms with Gasteiger partial charge in [-0.15, -0.1) is 0 Å². The average Bonchev–Trinajstić information content (AvgIpc) is 3.14. The van der Waals surface area contributed by atoms with Crippen LogP contribution in [-0.4, -0.2) is 50.9 Å². The highest BCUT2D eigenvalue weighted by molar-refractivity contribution is 7.89. The van der Waals surface area contributed by atoms with Crippen LogP contribution < -0.4 is 10.6 Å². The Bertz CT molecular complexity index is 1170. The lowest BCUT2D eigenvalue weighted by Gasteiger charge is -2.15. The number of aromatic nitrogens is 1. The van der Waals surface area contributed by atoms with Crippen LogP contribution in [0.1, 0.15) is 18.1 Å². The number of nitrogens with zero attached hydrogens (tertiary/aromatic N) is 2. The monoisotopic (exact) mass is 445 g/mol. The van der Waals surface area contributed by atoms with Crippen molar-refractivity contribution in [3.05, 3.63) is 65.6 Å². The Labute approximate surface area is 182 Å². The van der Waals surface area contributed by atoms with Crippen LogP contribution in [0.3, 0.4) is 0 Å². The Morgan fingerprint density at radius 1 is 1.13 bits per heavy atom. The minimum Gasteiger partial charge on any atom is -0.361 e. The van der Waals surface area contributed by atoms with Crippen LogP contribution in [-0.2, 0) is 23.0 Å². The lowest BCUT2D eigenvalue weighted by molar-refractivity contribution is 0.519. The number of H-pyrrole nitrogens is 1. The summed E-state index contributed by atoms with van der Waals surface area (Å²) in [7, 11) is -0.517. The van der Waals surface area contributed by atoms with Crippen molar-refractivity contribution in [1.29, 1.82) is 0 Å². The number of aliphatic imine (C=N–C) groups is 1. The van der Waals surface area contributed by atoms with Crippen molar-refractivity contribution >= 4 is 26.9 Å². The van der Waals surface area contributed by atoms with E-state index in [1.165, 1.54) is 30.5 Å². The van der Waals surface area contributed by atoms with Gasteiger partial charge in [-0.25, -0.2) is 22.1 Å². The molecule has 9 heteroatoms. The molecule has 0 aliphatic heterocycles. The average molecular weight is 446 g/mol. The summed E-state index contributed by atoms with van der Waals surface area (Å²) in [5.74, 6) is 0.336. The Morgan fingerprint density at radius 3 is 2.65 bits per heavy atom. The van der Waals surface area contributed by atoms with Gasteiger partial charge >= 0.3 is 0 Å². The summed E-state index contributed by atoms with van der Waals surface area (Å²) in [5.41, 5.74) is 2.49. The molecule has 0 bridgehead atoms. The molecule has 2 aromatic carbocycles. The van der Waals surface area contributed by atoms with Crippen molar-refractivity contribution in [2.75, 3.05) is 27.2 Å². The number of sulfonamides is 1.